The molecule has 0 saturated heterocycles. The van der Waals surface area contributed by atoms with E-state index in [0.29, 0.717) is 37.8 Å². The highest BCUT2D eigenvalue weighted by Gasteiger charge is 2.25. The van der Waals surface area contributed by atoms with Crippen LogP contribution < -0.4 is 9.64 Å². The molecule has 24 heavy (non-hydrogen) atoms. The van der Waals surface area contributed by atoms with Crippen molar-refractivity contribution in [2.45, 2.75) is 44.4 Å². The van der Waals surface area contributed by atoms with E-state index in [4.69, 9.17) is 9.15 Å². The van der Waals surface area contributed by atoms with E-state index in [2.05, 4.69) is 10.2 Å². The summed E-state index contributed by atoms with van der Waals surface area (Å²) >= 11 is 0. The molecule has 0 atom stereocenters. The minimum absolute atomic E-state index is 0.0615. The van der Waals surface area contributed by atoms with Gasteiger partial charge < -0.3 is 14.1 Å². The molecule has 1 aromatic heterocycles. The molecule has 2 aromatic rings. The monoisotopic (exact) mass is 327 g/mol. The smallest absolute Gasteiger partial charge is 0.227 e. The van der Waals surface area contributed by atoms with E-state index >= 15 is 0 Å². The van der Waals surface area contributed by atoms with Gasteiger partial charge in [0, 0.05) is 18.8 Å². The molecule has 4 rings (SSSR count). The zero-order chi connectivity index (χ0) is 16.4. The topological polar surface area (TPSA) is 68.5 Å². The molecule has 2 heterocycles. The Bertz CT molecular complexity index is 722. The number of aryl methyl sites for hydroxylation is 1. The average molecular weight is 327 g/mol. The van der Waals surface area contributed by atoms with Gasteiger partial charge in [-0.2, -0.15) is 0 Å². The first-order valence-electron chi connectivity index (χ1n) is 8.66. The van der Waals surface area contributed by atoms with E-state index in [9.17, 15) is 4.79 Å². The van der Waals surface area contributed by atoms with Crippen LogP contribution in [-0.2, 0) is 11.2 Å². The molecule has 0 unspecified atom stereocenters. The number of anilines is 1. The lowest BCUT2D eigenvalue weighted by Gasteiger charge is -2.29. The number of ether oxygens (including phenoxy) is 1. The lowest BCUT2D eigenvalue weighted by molar-refractivity contribution is -0.118. The number of carbonyl (C=O) groups excluding carboxylic acids is 1. The van der Waals surface area contributed by atoms with Crippen molar-refractivity contribution in [3.63, 3.8) is 0 Å². The molecule has 1 saturated carbocycles. The maximum absolute atomic E-state index is 12.6. The third-order valence-electron chi connectivity index (χ3n) is 4.77. The molecule has 1 aromatic carbocycles. The summed E-state index contributed by atoms with van der Waals surface area (Å²) in [6.45, 7) is 1.10. The minimum atomic E-state index is 0.0615. The number of carbonyl (C=O) groups is 1. The van der Waals surface area contributed by atoms with Crippen molar-refractivity contribution in [3.8, 4) is 5.75 Å². The predicted octanol–water partition coefficient (Wildman–Crippen LogP) is 3.09. The number of para-hydroxylation sites is 2. The molecule has 1 aliphatic heterocycles. The van der Waals surface area contributed by atoms with Gasteiger partial charge in [0.25, 0.3) is 0 Å². The maximum atomic E-state index is 12.6. The minimum Gasteiger partial charge on any atom is -0.490 e. The van der Waals surface area contributed by atoms with Crippen molar-refractivity contribution in [1.82, 2.24) is 10.2 Å². The Morgan fingerprint density at radius 2 is 2.04 bits per heavy atom. The van der Waals surface area contributed by atoms with Gasteiger partial charge in [-0.1, -0.05) is 25.0 Å². The number of aromatic nitrogens is 2. The molecular formula is C18H21N3O3. The summed E-state index contributed by atoms with van der Waals surface area (Å²) in [4.78, 5) is 14.4. The van der Waals surface area contributed by atoms with Crippen LogP contribution in [0.5, 0.6) is 5.75 Å². The van der Waals surface area contributed by atoms with Crippen molar-refractivity contribution >= 4 is 11.6 Å². The van der Waals surface area contributed by atoms with Crippen molar-refractivity contribution in [2.75, 3.05) is 18.1 Å². The molecule has 0 radical (unpaired) electrons. The Balaban J connectivity index is 1.39. The zero-order valence-corrected chi connectivity index (χ0v) is 13.6. The first-order valence-corrected chi connectivity index (χ1v) is 8.66. The second-order valence-corrected chi connectivity index (χ2v) is 6.38. The van der Waals surface area contributed by atoms with Crippen LogP contribution in [0.3, 0.4) is 0 Å². The Morgan fingerprint density at radius 3 is 2.92 bits per heavy atom. The van der Waals surface area contributed by atoms with Crippen LogP contribution in [0.15, 0.2) is 28.7 Å². The molecule has 1 aliphatic carbocycles. The van der Waals surface area contributed by atoms with Crippen LogP contribution in [0.4, 0.5) is 5.69 Å². The van der Waals surface area contributed by atoms with Gasteiger partial charge in [-0.25, -0.2) is 0 Å². The van der Waals surface area contributed by atoms with Gasteiger partial charge in [-0.15, -0.1) is 10.2 Å². The summed E-state index contributed by atoms with van der Waals surface area (Å²) in [7, 11) is 0. The van der Waals surface area contributed by atoms with Gasteiger partial charge >= 0.3 is 0 Å². The van der Waals surface area contributed by atoms with Crippen LogP contribution in [-0.4, -0.2) is 29.3 Å². The van der Waals surface area contributed by atoms with E-state index in [1.165, 1.54) is 12.8 Å². The molecular weight excluding hydrogens is 306 g/mol. The number of hydrogen-bond donors (Lipinski definition) is 0. The van der Waals surface area contributed by atoms with Crippen molar-refractivity contribution in [1.29, 1.82) is 0 Å². The van der Waals surface area contributed by atoms with E-state index < -0.39 is 0 Å². The summed E-state index contributed by atoms with van der Waals surface area (Å²) in [6, 6.07) is 7.63. The maximum Gasteiger partial charge on any atom is 0.227 e. The second kappa shape index (κ2) is 6.63. The van der Waals surface area contributed by atoms with Crippen LogP contribution in [0.2, 0.25) is 0 Å². The summed E-state index contributed by atoms with van der Waals surface area (Å²) in [5.41, 5.74) is 0.839. The predicted molar refractivity (Wildman–Crippen MR) is 88.1 cm³/mol. The Labute approximate surface area is 140 Å². The van der Waals surface area contributed by atoms with Gasteiger partial charge in [0.05, 0.1) is 12.2 Å². The summed E-state index contributed by atoms with van der Waals surface area (Å²) in [6.07, 6.45) is 5.57. The van der Waals surface area contributed by atoms with Crippen LogP contribution in [0, 0.1) is 0 Å². The molecule has 0 N–H and O–H groups in total. The van der Waals surface area contributed by atoms with Gasteiger partial charge in [0.1, 0.15) is 12.4 Å². The quantitative estimate of drug-likeness (QED) is 0.863. The Hall–Kier alpha value is -2.37. The fourth-order valence-electron chi connectivity index (χ4n) is 3.48. The summed E-state index contributed by atoms with van der Waals surface area (Å²) in [5.74, 6) is 2.54. The van der Waals surface area contributed by atoms with Gasteiger partial charge in [-0.3, -0.25) is 4.79 Å². The lowest BCUT2D eigenvalue weighted by atomic mass is 10.1. The molecule has 6 heteroatoms. The fraction of sp³-hybridized carbons (Fsp3) is 0.500. The Kier molecular flexibility index (Phi) is 4.19. The van der Waals surface area contributed by atoms with Crippen LogP contribution in [0.1, 0.15) is 49.8 Å². The van der Waals surface area contributed by atoms with Crippen molar-refractivity contribution in [2.24, 2.45) is 0 Å². The fourth-order valence-corrected chi connectivity index (χ4v) is 3.48. The summed E-state index contributed by atoms with van der Waals surface area (Å²) < 4.78 is 11.3. The standard InChI is InChI=1S/C18H21N3O3/c22-17(21-11-12-23-15-8-4-3-7-14(15)21)10-9-16-19-20-18(24-16)13-5-1-2-6-13/h3-4,7-8,13H,1-2,5-6,9-12H2. The molecule has 0 bridgehead atoms. The first-order chi connectivity index (χ1) is 11.8. The summed E-state index contributed by atoms with van der Waals surface area (Å²) in [5, 5.41) is 8.27. The lowest BCUT2D eigenvalue weighted by Crippen LogP contribution is -2.38. The first kappa shape index (κ1) is 15.2. The van der Waals surface area contributed by atoms with Gasteiger partial charge in [0.2, 0.25) is 17.7 Å². The number of benzene rings is 1. The second-order valence-electron chi connectivity index (χ2n) is 6.38. The van der Waals surface area contributed by atoms with E-state index in [-0.39, 0.29) is 5.91 Å². The van der Waals surface area contributed by atoms with E-state index in [0.717, 1.165) is 30.2 Å². The van der Waals surface area contributed by atoms with Gasteiger partial charge in [-0.05, 0) is 25.0 Å². The van der Waals surface area contributed by atoms with Crippen molar-refractivity contribution < 1.29 is 13.9 Å². The van der Waals surface area contributed by atoms with Gasteiger partial charge in [0.15, 0.2) is 0 Å². The van der Waals surface area contributed by atoms with Crippen molar-refractivity contribution in [3.05, 3.63) is 36.0 Å². The third kappa shape index (κ3) is 3.00. The number of amides is 1. The van der Waals surface area contributed by atoms with E-state index in [1.54, 1.807) is 4.90 Å². The number of hydrogen-bond acceptors (Lipinski definition) is 5. The molecule has 2 aliphatic rings. The van der Waals surface area contributed by atoms with Crippen LogP contribution in [0.25, 0.3) is 0 Å². The highest BCUT2D eigenvalue weighted by molar-refractivity contribution is 5.95. The van der Waals surface area contributed by atoms with E-state index in [1.807, 2.05) is 24.3 Å². The molecule has 1 amide bonds. The number of rotatable bonds is 4. The molecule has 126 valence electrons. The molecule has 6 nitrogen and oxygen atoms in total. The number of fused-ring (bicyclic) bond motifs is 1. The Morgan fingerprint density at radius 1 is 1.21 bits per heavy atom. The molecule has 1 fully saturated rings. The highest BCUT2D eigenvalue weighted by Crippen LogP contribution is 2.33. The zero-order valence-electron chi connectivity index (χ0n) is 13.6. The number of nitrogens with zero attached hydrogens (tertiary/aromatic N) is 3. The average Bonchev–Trinajstić information content (AvgIpc) is 3.30. The normalized spacial score (nSPS) is 17.6. The van der Waals surface area contributed by atoms with Crippen LogP contribution >= 0.6 is 0 Å². The highest BCUT2D eigenvalue weighted by atomic mass is 16.5. The molecule has 0 spiro atoms. The third-order valence-corrected chi connectivity index (χ3v) is 4.77. The largest absolute Gasteiger partial charge is 0.490 e. The SMILES string of the molecule is O=C(CCc1nnc(C2CCCC2)o1)N1CCOc2ccccc21.